The number of pyridine rings is 1. The first-order valence-corrected chi connectivity index (χ1v) is 12.1. The van der Waals surface area contributed by atoms with E-state index in [4.69, 9.17) is 4.74 Å². The van der Waals surface area contributed by atoms with Gasteiger partial charge in [-0.3, -0.25) is 9.69 Å². The number of aryl methyl sites for hydroxylation is 1. The summed E-state index contributed by atoms with van der Waals surface area (Å²) < 4.78 is 7.94. The Bertz CT molecular complexity index is 1150. The van der Waals surface area contributed by atoms with E-state index in [0.29, 0.717) is 6.54 Å². The molecule has 2 aromatic heterocycles. The SMILES string of the molecule is CC[C@@H](c1nnnn1C(C)(C)CC)N(Cc1cc2cc(C)ccc2[nH]c1=O)C[C@@H]1CCCO1. The van der Waals surface area contributed by atoms with Crippen LogP contribution in [0.1, 0.15) is 76.4 Å². The maximum atomic E-state index is 13.0. The lowest BCUT2D eigenvalue weighted by atomic mass is 10.0. The zero-order valence-electron chi connectivity index (χ0n) is 20.5. The Morgan fingerprint density at radius 1 is 1.30 bits per heavy atom. The summed E-state index contributed by atoms with van der Waals surface area (Å²) in [5, 5.41) is 13.9. The molecule has 0 amide bonds. The van der Waals surface area contributed by atoms with Crippen LogP contribution in [0.15, 0.2) is 29.1 Å². The summed E-state index contributed by atoms with van der Waals surface area (Å²) in [4.78, 5) is 18.4. The molecule has 8 heteroatoms. The van der Waals surface area contributed by atoms with E-state index in [-0.39, 0.29) is 23.2 Å². The van der Waals surface area contributed by atoms with E-state index < -0.39 is 0 Å². The lowest BCUT2D eigenvalue weighted by Crippen LogP contribution is -2.39. The van der Waals surface area contributed by atoms with Gasteiger partial charge < -0.3 is 9.72 Å². The summed E-state index contributed by atoms with van der Waals surface area (Å²) in [6.07, 6.45) is 4.01. The van der Waals surface area contributed by atoms with Gasteiger partial charge in [-0.05, 0) is 80.5 Å². The second-order valence-corrected chi connectivity index (χ2v) is 9.82. The molecule has 8 nitrogen and oxygen atoms in total. The molecule has 178 valence electrons. The van der Waals surface area contributed by atoms with Crippen molar-refractivity contribution in [2.45, 2.75) is 84.5 Å². The summed E-state index contributed by atoms with van der Waals surface area (Å²) in [5.74, 6) is 0.843. The number of nitrogens with one attached hydrogen (secondary N) is 1. The van der Waals surface area contributed by atoms with Gasteiger partial charge in [0, 0.05) is 30.8 Å². The second-order valence-electron chi connectivity index (χ2n) is 9.82. The Hall–Kier alpha value is -2.58. The number of nitrogens with zero attached hydrogens (tertiary/aromatic N) is 5. The van der Waals surface area contributed by atoms with Crippen LogP contribution in [-0.2, 0) is 16.8 Å². The molecule has 0 bridgehead atoms. The molecule has 0 aliphatic carbocycles. The van der Waals surface area contributed by atoms with Crippen LogP contribution in [0.4, 0.5) is 0 Å². The largest absolute Gasteiger partial charge is 0.377 e. The van der Waals surface area contributed by atoms with Crippen molar-refractivity contribution in [1.82, 2.24) is 30.1 Å². The first kappa shape index (κ1) is 23.6. The van der Waals surface area contributed by atoms with Crippen LogP contribution in [0.2, 0.25) is 0 Å². The third-order valence-electron chi connectivity index (χ3n) is 6.97. The molecule has 1 fully saturated rings. The molecule has 3 heterocycles. The predicted octanol–water partition coefficient (Wildman–Crippen LogP) is 4.10. The van der Waals surface area contributed by atoms with Crippen LogP contribution in [0.25, 0.3) is 10.9 Å². The molecule has 3 aromatic rings. The molecule has 0 spiro atoms. The zero-order valence-corrected chi connectivity index (χ0v) is 20.5. The number of fused-ring (bicyclic) bond motifs is 1. The van der Waals surface area contributed by atoms with Crippen molar-refractivity contribution in [3.8, 4) is 0 Å². The van der Waals surface area contributed by atoms with Crippen molar-refractivity contribution in [2.75, 3.05) is 13.2 Å². The highest BCUT2D eigenvalue weighted by molar-refractivity contribution is 5.79. The molecule has 1 aliphatic rings. The van der Waals surface area contributed by atoms with Gasteiger partial charge in [-0.25, -0.2) is 4.68 Å². The fraction of sp³-hybridized carbons (Fsp3) is 0.600. The molecular weight excluding hydrogens is 416 g/mol. The standard InChI is InChI=1S/C25H36N6O2/c1-6-22(23-27-28-29-31(23)25(4,5)7-2)30(16-20-9-8-12-33-20)15-19-14-18-13-17(3)10-11-21(18)26-24(19)32/h10-11,13-14,20,22H,6-9,12,15-16H2,1-5H3,(H,26,32)/t20-,22-/m0/s1. The average Bonchev–Trinajstić information content (AvgIpc) is 3.48. The lowest BCUT2D eigenvalue weighted by Gasteiger charge is -2.34. The minimum absolute atomic E-state index is 0.0253. The van der Waals surface area contributed by atoms with Crippen LogP contribution in [0.3, 0.4) is 0 Å². The maximum Gasteiger partial charge on any atom is 0.252 e. The molecule has 4 rings (SSSR count). The van der Waals surface area contributed by atoms with Gasteiger partial charge in [0.15, 0.2) is 5.82 Å². The maximum absolute atomic E-state index is 13.0. The van der Waals surface area contributed by atoms with E-state index in [0.717, 1.165) is 61.1 Å². The topological polar surface area (TPSA) is 88.9 Å². The Kier molecular flexibility index (Phi) is 6.95. The summed E-state index contributed by atoms with van der Waals surface area (Å²) in [6.45, 7) is 12.7. The minimum Gasteiger partial charge on any atom is -0.377 e. The first-order valence-electron chi connectivity index (χ1n) is 12.1. The Balaban J connectivity index is 1.72. The molecule has 0 saturated carbocycles. The average molecular weight is 453 g/mol. The predicted molar refractivity (Wildman–Crippen MR) is 129 cm³/mol. The van der Waals surface area contributed by atoms with E-state index in [1.54, 1.807) is 0 Å². The van der Waals surface area contributed by atoms with Crippen molar-refractivity contribution in [2.24, 2.45) is 0 Å². The number of H-pyrrole nitrogens is 1. The van der Waals surface area contributed by atoms with Gasteiger partial charge in [0.1, 0.15) is 0 Å². The number of rotatable bonds is 9. The van der Waals surface area contributed by atoms with Crippen molar-refractivity contribution in [3.63, 3.8) is 0 Å². The van der Waals surface area contributed by atoms with Crippen LogP contribution in [-0.4, -0.2) is 49.3 Å². The molecule has 2 atom stereocenters. The van der Waals surface area contributed by atoms with E-state index in [2.05, 4.69) is 66.1 Å². The highest BCUT2D eigenvalue weighted by atomic mass is 16.5. The monoisotopic (exact) mass is 452 g/mol. The van der Waals surface area contributed by atoms with Crippen molar-refractivity contribution in [1.29, 1.82) is 0 Å². The quantitative estimate of drug-likeness (QED) is 0.526. The molecular formula is C25H36N6O2. The molecule has 1 aliphatic heterocycles. The third kappa shape index (κ3) is 5.01. The normalized spacial score (nSPS) is 17.8. The number of hydrogen-bond donors (Lipinski definition) is 1. The summed E-state index contributed by atoms with van der Waals surface area (Å²) in [5.41, 5.74) is 2.54. The molecule has 1 aromatic carbocycles. The van der Waals surface area contributed by atoms with Gasteiger partial charge >= 0.3 is 0 Å². The van der Waals surface area contributed by atoms with Gasteiger partial charge in [0.2, 0.25) is 0 Å². The van der Waals surface area contributed by atoms with Crippen molar-refractivity contribution >= 4 is 10.9 Å². The highest BCUT2D eigenvalue weighted by Crippen LogP contribution is 2.30. The number of aromatic amines is 1. The number of aromatic nitrogens is 5. The van der Waals surface area contributed by atoms with E-state index in [1.165, 1.54) is 5.56 Å². The summed E-state index contributed by atoms with van der Waals surface area (Å²) >= 11 is 0. The van der Waals surface area contributed by atoms with E-state index in [9.17, 15) is 4.79 Å². The van der Waals surface area contributed by atoms with Crippen LogP contribution in [0, 0.1) is 6.92 Å². The Morgan fingerprint density at radius 3 is 2.82 bits per heavy atom. The molecule has 1 N–H and O–H groups in total. The molecule has 0 unspecified atom stereocenters. The van der Waals surface area contributed by atoms with E-state index in [1.807, 2.05) is 22.9 Å². The lowest BCUT2D eigenvalue weighted by molar-refractivity contribution is 0.0475. The van der Waals surface area contributed by atoms with Gasteiger partial charge in [0.25, 0.3) is 5.56 Å². The molecule has 33 heavy (non-hydrogen) atoms. The van der Waals surface area contributed by atoms with Gasteiger partial charge in [-0.2, -0.15) is 0 Å². The third-order valence-corrected chi connectivity index (χ3v) is 6.97. The van der Waals surface area contributed by atoms with Crippen molar-refractivity contribution in [3.05, 3.63) is 51.6 Å². The first-order chi connectivity index (χ1) is 15.8. The Labute approximate surface area is 195 Å². The second kappa shape index (κ2) is 9.73. The molecule has 0 radical (unpaired) electrons. The Morgan fingerprint density at radius 2 is 2.12 bits per heavy atom. The fourth-order valence-corrected chi connectivity index (χ4v) is 4.65. The smallest absolute Gasteiger partial charge is 0.252 e. The van der Waals surface area contributed by atoms with Crippen molar-refractivity contribution < 1.29 is 4.74 Å². The summed E-state index contributed by atoms with van der Waals surface area (Å²) in [6, 6.07) is 8.10. The van der Waals surface area contributed by atoms with Gasteiger partial charge in [-0.1, -0.05) is 25.5 Å². The number of tetrazole rings is 1. The fourth-order valence-electron chi connectivity index (χ4n) is 4.65. The highest BCUT2D eigenvalue weighted by Gasteiger charge is 2.32. The van der Waals surface area contributed by atoms with Crippen LogP contribution < -0.4 is 5.56 Å². The van der Waals surface area contributed by atoms with Gasteiger partial charge in [0.05, 0.1) is 17.7 Å². The summed E-state index contributed by atoms with van der Waals surface area (Å²) in [7, 11) is 0. The molecule has 1 saturated heterocycles. The van der Waals surface area contributed by atoms with Crippen LogP contribution in [0.5, 0.6) is 0 Å². The van der Waals surface area contributed by atoms with Gasteiger partial charge in [-0.15, -0.1) is 5.10 Å². The van der Waals surface area contributed by atoms with E-state index >= 15 is 0 Å². The number of ether oxygens (including phenoxy) is 1. The van der Waals surface area contributed by atoms with Crippen LogP contribution >= 0.6 is 0 Å². The minimum atomic E-state index is -0.195. The number of hydrogen-bond acceptors (Lipinski definition) is 6. The zero-order chi connectivity index (χ0) is 23.6. The number of benzene rings is 1.